The molecule has 1 rings (SSSR count). The van der Waals surface area contributed by atoms with Crippen LogP contribution in [0, 0.1) is 0 Å². The number of hydrogen-bond donors (Lipinski definition) is 5. The lowest BCUT2D eigenvalue weighted by atomic mass is 9.94. The lowest BCUT2D eigenvalue weighted by molar-refractivity contribution is -0.145. The third-order valence-corrected chi connectivity index (χ3v) is 3.55. The summed E-state index contributed by atoms with van der Waals surface area (Å²) in [6, 6.07) is -0.585. The molecular weight excluding hydrogens is 254 g/mol. The molecule has 112 valence electrons. The van der Waals surface area contributed by atoms with Gasteiger partial charge in [0.25, 0.3) is 0 Å². The fourth-order valence-electron chi connectivity index (χ4n) is 2.40. The topological polar surface area (TPSA) is 121 Å². The third kappa shape index (κ3) is 4.70. The van der Waals surface area contributed by atoms with Gasteiger partial charge in [-0.15, -0.1) is 0 Å². The third-order valence-electron chi connectivity index (χ3n) is 3.55. The second-order valence-corrected chi connectivity index (χ2v) is 5.00. The number of carbonyl (C=O) groups is 1. The highest BCUT2D eigenvalue weighted by Crippen LogP contribution is 2.19. The van der Waals surface area contributed by atoms with Crippen molar-refractivity contribution in [3.8, 4) is 0 Å². The number of β-amino-alcohol motifs (C(OH)–C–C–N with tert-alkyl or cyclic N) is 1. The Balaban J connectivity index is 2.36. The average Bonchev–Trinajstić information content (AvgIpc) is 2.35. The van der Waals surface area contributed by atoms with Crippen molar-refractivity contribution >= 4 is 5.97 Å². The van der Waals surface area contributed by atoms with Gasteiger partial charge in [0.1, 0.15) is 12.2 Å². The number of piperidine rings is 1. The van der Waals surface area contributed by atoms with Crippen LogP contribution in [0.15, 0.2) is 0 Å². The second kappa shape index (κ2) is 7.76. The van der Waals surface area contributed by atoms with Crippen LogP contribution >= 0.6 is 0 Å². The van der Waals surface area contributed by atoms with Gasteiger partial charge in [0.2, 0.25) is 0 Å². The summed E-state index contributed by atoms with van der Waals surface area (Å²) in [5.74, 6) is -0.819. The molecule has 1 aliphatic rings. The number of hydrogen-bond acceptors (Lipinski definition) is 6. The number of aliphatic hydroxyl groups is 4. The highest BCUT2D eigenvalue weighted by Gasteiger charge is 2.40. The maximum atomic E-state index is 10.3. The molecule has 0 amide bonds. The van der Waals surface area contributed by atoms with Crippen molar-refractivity contribution in [1.82, 2.24) is 4.90 Å². The molecule has 7 heteroatoms. The quantitative estimate of drug-likeness (QED) is 0.355. The largest absolute Gasteiger partial charge is 0.481 e. The smallest absolute Gasteiger partial charge is 0.303 e. The first-order valence-corrected chi connectivity index (χ1v) is 6.58. The van der Waals surface area contributed by atoms with E-state index in [9.17, 15) is 25.2 Å². The first-order chi connectivity index (χ1) is 8.97. The Morgan fingerprint density at radius 1 is 1.11 bits per heavy atom. The van der Waals surface area contributed by atoms with Crippen LogP contribution in [0.5, 0.6) is 0 Å². The zero-order valence-electron chi connectivity index (χ0n) is 10.9. The Labute approximate surface area is 112 Å². The van der Waals surface area contributed by atoms with Gasteiger partial charge in [0.05, 0.1) is 18.8 Å². The molecule has 0 aromatic heterocycles. The summed E-state index contributed by atoms with van der Waals surface area (Å²) >= 11 is 0. The van der Waals surface area contributed by atoms with E-state index in [1.54, 1.807) is 4.90 Å². The Bertz CT molecular complexity index is 287. The van der Waals surface area contributed by atoms with Crippen LogP contribution in [0.1, 0.15) is 25.7 Å². The first kappa shape index (κ1) is 16.3. The van der Waals surface area contributed by atoms with Gasteiger partial charge < -0.3 is 25.5 Å². The van der Waals surface area contributed by atoms with Crippen molar-refractivity contribution in [2.45, 2.75) is 50.0 Å². The Morgan fingerprint density at radius 3 is 2.37 bits per heavy atom. The summed E-state index contributed by atoms with van der Waals surface area (Å²) in [7, 11) is 0. The number of carboxylic acid groups (broad SMARTS) is 1. The summed E-state index contributed by atoms with van der Waals surface area (Å²) in [5.41, 5.74) is 0. The van der Waals surface area contributed by atoms with Crippen molar-refractivity contribution in [3.05, 3.63) is 0 Å². The van der Waals surface area contributed by atoms with Crippen LogP contribution in [0.3, 0.4) is 0 Å². The molecule has 3 unspecified atom stereocenters. The lowest BCUT2D eigenvalue weighted by Gasteiger charge is -2.43. The number of nitrogens with zero attached hydrogens (tertiary/aromatic N) is 1. The van der Waals surface area contributed by atoms with Crippen molar-refractivity contribution in [2.75, 3.05) is 19.7 Å². The molecule has 0 bridgehead atoms. The minimum Gasteiger partial charge on any atom is -0.481 e. The van der Waals surface area contributed by atoms with E-state index < -0.39 is 30.3 Å². The molecule has 5 N–H and O–H groups in total. The van der Waals surface area contributed by atoms with Crippen molar-refractivity contribution in [2.24, 2.45) is 0 Å². The molecule has 0 aliphatic carbocycles. The normalized spacial score (nSPS) is 32.4. The minimum absolute atomic E-state index is 0.132. The number of carboxylic acids is 1. The van der Waals surface area contributed by atoms with E-state index in [1.165, 1.54) is 0 Å². The fraction of sp³-hybridized carbons (Fsp3) is 0.917. The fourth-order valence-corrected chi connectivity index (χ4v) is 2.40. The van der Waals surface area contributed by atoms with Crippen LogP contribution in [0.25, 0.3) is 0 Å². The monoisotopic (exact) mass is 277 g/mol. The molecule has 1 heterocycles. The molecule has 7 nitrogen and oxygen atoms in total. The molecule has 19 heavy (non-hydrogen) atoms. The highest BCUT2D eigenvalue weighted by molar-refractivity contribution is 5.66. The van der Waals surface area contributed by atoms with E-state index in [4.69, 9.17) is 5.11 Å². The molecule has 4 atom stereocenters. The van der Waals surface area contributed by atoms with Gasteiger partial charge in [-0.1, -0.05) is 6.42 Å². The molecule has 1 fully saturated rings. The molecule has 0 aromatic carbocycles. The predicted octanol–water partition coefficient (Wildman–Crippen LogP) is -1.61. The molecular formula is C12H23NO6. The van der Waals surface area contributed by atoms with Gasteiger partial charge in [0.15, 0.2) is 0 Å². The predicted molar refractivity (Wildman–Crippen MR) is 66.6 cm³/mol. The van der Waals surface area contributed by atoms with E-state index >= 15 is 0 Å². The summed E-state index contributed by atoms with van der Waals surface area (Å²) in [5, 5.41) is 46.6. The van der Waals surface area contributed by atoms with Crippen LogP contribution in [-0.4, -0.2) is 80.5 Å². The molecule has 0 aromatic rings. The van der Waals surface area contributed by atoms with Gasteiger partial charge in [-0.25, -0.2) is 0 Å². The number of rotatable bonds is 7. The molecule has 0 radical (unpaired) electrons. The summed E-state index contributed by atoms with van der Waals surface area (Å²) in [6.45, 7) is 0.453. The molecule has 0 spiro atoms. The summed E-state index contributed by atoms with van der Waals surface area (Å²) in [6.07, 6.45) is -1.27. The summed E-state index contributed by atoms with van der Waals surface area (Å²) < 4.78 is 0. The van der Waals surface area contributed by atoms with E-state index in [2.05, 4.69) is 0 Å². The van der Waals surface area contributed by atoms with E-state index in [0.29, 0.717) is 13.0 Å². The van der Waals surface area contributed by atoms with Gasteiger partial charge in [-0.2, -0.15) is 0 Å². The minimum atomic E-state index is -1.24. The lowest BCUT2D eigenvalue weighted by Crippen LogP contribution is -2.62. The maximum Gasteiger partial charge on any atom is 0.303 e. The van der Waals surface area contributed by atoms with Gasteiger partial charge in [0, 0.05) is 13.0 Å². The number of aliphatic hydroxyl groups excluding tert-OH is 4. The second-order valence-electron chi connectivity index (χ2n) is 5.00. The van der Waals surface area contributed by atoms with Crippen LogP contribution in [0.4, 0.5) is 0 Å². The van der Waals surface area contributed by atoms with Crippen LogP contribution in [-0.2, 0) is 4.79 Å². The number of aliphatic carboxylic acids is 1. The Morgan fingerprint density at radius 2 is 1.79 bits per heavy atom. The molecule has 1 saturated heterocycles. The van der Waals surface area contributed by atoms with Crippen molar-refractivity contribution < 1.29 is 30.3 Å². The van der Waals surface area contributed by atoms with Crippen molar-refractivity contribution in [1.29, 1.82) is 0 Å². The van der Waals surface area contributed by atoms with Crippen molar-refractivity contribution in [3.63, 3.8) is 0 Å². The average molecular weight is 277 g/mol. The first-order valence-electron chi connectivity index (χ1n) is 6.58. The van der Waals surface area contributed by atoms with Gasteiger partial charge >= 0.3 is 5.97 Å². The van der Waals surface area contributed by atoms with E-state index in [1.807, 2.05) is 0 Å². The summed E-state index contributed by atoms with van der Waals surface area (Å²) in [4.78, 5) is 12.1. The molecule has 1 aliphatic heterocycles. The zero-order valence-corrected chi connectivity index (χ0v) is 10.9. The Hall–Kier alpha value is -0.730. The SMILES string of the molecule is O=C(O)CCCCCN1CC(O)C(O)[C@@H](O)C1CO. The van der Waals surface area contributed by atoms with Crippen LogP contribution < -0.4 is 0 Å². The number of unbranched alkanes of at least 4 members (excludes halogenated alkanes) is 2. The number of likely N-dealkylation sites (tertiary alicyclic amines) is 1. The van der Waals surface area contributed by atoms with Gasteiger partial charge in [-0.05, 0) is 19.4 Å². The van der Waals surface area contributed by atoms with E-state index in [-0.39, 0.29) is 19.6 Å². The zero-order chi connectivity index (χ0) is 14.4. The Kier molecular flexibility index (Phi) is 6.67. The maximum absolute atomic E-state index is 10.3. The molecule has 0 saturated carbocycles. The van der Waals surface area contributed by atoms with Crippen LogP contribution in [0.2, 0.25) is 0 Å². The van der Waals surface area contributed by atoms with E-state index in [0.717, 1.165) is 12.8 Å². The standard InChI is InChI=1S/C12H23NO6/c14-7-8-11(18)12(19)9(15)6-13(8)5-3-1-2-4-10(16)17/h8-9,11-12,14-15,18-19H,1-7H2,(H,16,17)/t8?,9?,11-,12?/m0/s1. The van der Waals surface area contributed by atoms with Gasteiger partial charge in [-0.3, -0.25) is 9.69 Å². The highest BCUT2D eigenvalue weighted by atomic mass is 16.4.